The van der Waals surface area contributed by atoms with Crippen LogP contribution in [0.3, 0.4) is 0 Å². The van der Waals surface area contributed by atoms with Crippen LogP contribution in [-0.2, 0) is 12.5 Å². The molecule has 1 N–H and O–H groups in total. The minimum Gasteiger partial charge on any atom is -0.304 e. The number of amides is 1. The molecule has 3 aromatic heterocycles. The quantitative estimate of drug-likeness (QED) is 0.204. The van der Waals surface area contributed by atoms with E-state index in [1.54, 1.807) is 25.1 Å². The molecule has 41 heavy (non-hydrogen) atoms. The maximum Gasteiger partial charge on any atom is 0.459 e. The maximum atomic E-state index is 14.6. The van der Waals surface area contributed by atoms with E-state index in [1.165, 1.54) is 22.9 Å². The largest absolute Gasteiger partial charge is 0.459 e. The summed E-state index contributed by atoms with van der Waals surface area (Å²) in [5.41, 5.74) is -1.60. The van der Waals surface area contributed by atoms with E-state index in [2.05, 4.69) is 20.5 Å². The first-order valence-corrected chi connectivity index (χ1v) is 12.4. The second-order valence-electron chi connectivity index (χ2n) is 8.89. The van der Waals surface area contributed by atoms with Crippen LogP contribution in [0, 0.1) is 12.7 Å². The molecule has 0 aliphatic heterocycles. The number of anilines is 1. The summed E-state index contributed by atoms with van der Waals surface area (Å²) < 4.78 is 84.4. The Morgan fingerprint density at radius 3 is 2.24 bits per heavy atom. The van der Waals surface area contributed by atoms with Gasteiger partial charge in [0.25, 0.3) is 5.91 Å². The van der Waals surface area contributed by atoms with Crippen molar-refractivity contribution in [3.8, 4) is 11.3 Å². The van der Waals surface area contributed by atoms with E-state index in [4.69, 9.17) is 23.2 Å². The molecule has 7 nitrogen and oxygen atoms in total. The summed E-state index contributed by atoms with van der Waals surface area (Å²) in [4.78, 5) is 17.0. The molecule has 2 aromatic carbocycles. The molecular formula is C26H16Cl2F6N6O. The van der Waals surface area contributed by atoms with Crippen LogP contribution < -0.4 is 5.32 Å². The average Bonchev–Trinajstić information content (AvgIpc) is 3.48. The van der Waals surface area contributed by atoms with Gasteiger partial charge < -0.3 is 5.32 Å². The second-order valence-corrected chi connectivity index (χ2v) is 9.70. The Morgan fingerprint density at radius 1 is 0.951 bits per heavy atom. The summed E-state index contributed by atoms with van der Waals surface area (Å²) in [6, 6.07) is 12.3. The standard InChI is InChI=1S/C26H16Cl2F6N6O/c1-13-9-22(38-39(13)12-16-17(27)3-2-4-18(16)28)36-24(41)20-11-23-35-19(14-5-7-15(29)8-6-14)10-21(40(23)37-20)25(30,31)26(32,33)34/h2-11H,12H2,1H3,(H,36,38,41). The van der Waals surface area contributed by atoms with Gasteiger partial charge in [-0.2, -0.15) is 32.1 Å². The zero-order valence-corrected chi connectivity index (χ0v) is 22.2. The number of carbonyl (C=O) groups is 1. The van der Waals surface area contributed by atoms with Crippen LogP contribution in [-0.4, -0.2) is 36.5 Å². The number of aromatic nitrogens is 5. The average molecular weight is 613 g/mol. The van der Waals surface area contributed by atoms with E-state index in [-0.39, 0.29) is 28.1 Å². The summed E-state index contributed by atoms with van der Waals surface area (Å²) >= 11 is 12.4. The third kappa shape index (κ3) is 5.46. The summed E-state index contributed by atoms with van der Waals surface area (Å²) in [5, 5.41) is 11.2. The Morgan fingerprint density at radius 2 is 1.61 bits per heavy atom. The summed E-state index contributed by atoms with van der Waals surface area (Å²) in [6.07, 6.45) is -5.98. The lowest BCUT2D eigenvalue weighted by atomic mass is 10.1. The maximum absolute atomic E-state index is 14.6. The zero-order valence-electron chi connectivity index (χ0n) is 20.6. The Hall–Kier alpha value is -4.10. The van der Waals surface area contributed by atoms with Crippen LogP contribution in [0.1, 0.15) is 27.4 Å². The number of hydrogen-bond acceptors (Lipinski definition) is 4. The molecule has 0 aliphatic rings. The van der Waals surface area contributed by atoms with Crippen molar-refractivity contribution in [1.82, 2.24) is 24.4 Å². The van der Waals surface area contributed by atoms with Gasteiger partial charge in [0.1, 0.15) is 11.5 Å². The number of rotatable bonds is 6. The van der Waals surface area contributed by atoms with Gasteiger partial charge in [-0.25, -0.2) is 13.9 Å². The smallest absolute Gasteiger partial charge is 0.304 e. The topological polar surface area (TPSA) is 77.1 Å². The molecule has 0 atom stereocenters. The van der Waals surface area contributed by atoms with Gasteiger partial charge in [-0.3, -0.25) is 9.48 Å². The number of fused-ring (bicyclic) bond motifs is 1. The van der Waals surface area contributed by atoms with Crippen LogP contribution in [0.25, 0.3) is 16.9 Å². The zero-order chi connectivity index (χ0) is 29.7. The fourth-order valence-corrected chi connectivity index (χ4v) is 4.48. The van der Waals surface area contributed by atoms with Crippen molar-refractivity contribution < 1.29 is 31.1 Å². The van der Waals surface area contributed by atoms with E-state index in [0.717, 1.165) is 18.2 Å². The third-order valence-electron chi connectivity index (χ3n) is 6.07. The molecule has 0 fully saturated rings. The number of hydrogen-bond donors (Lipinski definition) is 1. The van der Waals surface area contributed by atoms with Crippen molar-refractivity contribution in [3.05, 3.63) is 99.2 Å². The molecule has 0 radical (unpaired) electrons. The van der Waals surface area contributed by atoms with Crippen molar-refractivity contribution in [2.75, 3.05) is 5.32 Å². The SMILES string of the molecule is Cc1cc(NC(=O)c2cc3nc(-c4ccc(F)cc4)cc(C(F)(F)C(F)(F)F)n3n2)nn1Cc1c(Cl)cccc1Cl. The minimum atomic E-state index is -5.98. The molecule has 0 saturated heterocycles. The van der Waals surface area contributed by atoms with Gasteiger partial charge in [0.15, 0.2) is 17.2 Å². The van der Waals surface area contributed by atoms with Crippen molar-refractivity contribution >= 4 is 40.6 Å². The lowest BCUT2D eigenvalue weighted by Gasteiger charge is -2.21. The third-order valence-corrected chi connectivity index (χ3v) is 6.78. The normalized spacial score (nSPS) is 12.2. The lowest BCUT2D eigenvalue weighted by molar-refractivity contribution is -0.291. The van der Waals surface area contributed by atoms with Gasteiger partial charge >= 0.3 is 12.1 Å². The summed E-state index contributed by atoms with van der Waals surface area (Å²) in [5.74, 6) is -6.90. The molecule has 5 rings (SSSR count). The molecule has 0 bridgehead atoms. The lowest BCUT2D eigenvalue weighted by Crippen LogP contribution is -2.36. The highest BCUT2D eigenvalue weighted by Gasteiger charge is 2.60. The predicted molar refractivity (Wildman–Crippen MR) is 139 cm³/mol. The van der Waals surface area contributed by atoms with Crippen molar-refractivity contribution in [3.63, 3.8) is 0 Å². The first kappa shape index (κ1) is 28.4. The van der Waals surface area contributed by atoms with E-state index in [9.17, 15) is 31.1 Å². The van der Waals surface area contributed by atoms with Gasteiger partial charge in [-0.05, 0) is 49.4 Å². The van der Waals surface area contributed by atoms with E-state index in [0.29, 0.717) is 27.4 Å². The van der Waals surface area contributed by atoms with Crippen molar-refractivity contribution in [2.45, 2.75) is 25.6 Å². The van der Waals surface area contributed by atoms with Crippen LogP contribution in [0.4, 0.5) is 32.2 Å². The van der Waals surface area contributed by atoms with Gasteiger partial charge in [-0.1, -0.05) is 29.3 Å². The van der Waals surface area contributed by atoms with Gasteiger partial charge in [0.05, 0.1) is 12.2 Å². The van der Waals surface area contributed by atoms with E-state index in [1.807, 2.05) is 0 Å². The highest BCUT2D eigenvalue weighted by atomic mass is 35.5. The number of nitrogens with one attached hydrogen (secondary N) is 1. The van der Waals surface area contributed by atoms with Crippen molar-refractivity contribution in [2.24, 2.45) is 0 Å². The van der Waals surface area contributed by atoms with Gasteiger partial charge in [0, 0.05) is 39.0 Å². The Kier molecular flexibility index (Phi) is 7.20. The minimum absolute atomic E-state index is 0.0496. The number of alkyl halides is 5. The molecule has 212 valence electrons. The molecular weight excluding hydrogens is 597 g/mol. The van der Waals surface area contributed by atoms with Crippen LogP contribution in [0.5, 0.6) is 0 Å². The molecule has 5 aromatic rings. The van der Waals surface area contributed by atoms with Gasteiger partial charge in [0.2, 0.25) is 0 Å². The summed E-state index contributed by atoms with van der Waals surface area (Å²) in [7, 11) is 0. The number of halogens is 8. The van der Waals surface area contributed by atoms with Crippen LogP contribution in [0.15, 0.2) is 60.7 Å². The monoisotopic (exact) mass is 612 g/mol. The number of benzene rings is 2. The Bertz CT molecular complexity index is 1760. The molecule has 15 heteroatoms. The number of aryl methyl sites for hydroxylation is 1. The Labute approximate surface area is 237 Å². The molecule has 0 saturated carbocycles. The predicted octanol–water partition coefficient (Wildman–Crippen LogP) is 7.30. The first-order chi connectivity index (χ1) is 19.2. The number of carbonyl (C=O) groups excluding carboxylic acids is 1. The fraction of sp³-hybridized carbons (Fsp3) is 0.154. The highest BCUT2D eigenvalue weighted by molar-refractivity contribution is 6.36. The van der Waals surface area contributed by atoms with Crippen LogP contribution in [0.2, 0.25) is 10.0 Å². The van der Waals surface area contributed by atoms with Gasteiger partial charge in [-0.15, -0.1) is 0 Å². The molecule has 3 heterocycles. The second kappa shape index (κ2) is 10.4. The van der Waals surface area contributed by atoms with Crippen LogP contribution >= 0.6 is 23.2 Å². The van der Waals surface area contributed by atoms with E-state index >= 15 is 0 Å². The number of nitrogens with zero attached hydrogens (tertiary/aromatic N) is 5. The molecule has 0 spiro atoms. The summed E-state index contributed by atoms with van der Waals surface area (Å²) in [6.45, 7) is 1.87. The Balaban J connectivity index is 1.50. The van der Waals surface area contributed by atoms with E-state index < -0.39 is 40.9 Å². The first-order valence-electron chi connectivity index (χ1n) is 11.6. The fourth-order valence-electron chi connectivity index (χ4n) is 3.97. The highest BCUT2D eigenvalue weighted by Crippen LogP contribution is 2.44. The molecule has 1 amide bonds. The molecule has 0 unspecified atom stereocenters. The molecule has 0 aliphatic carbocycles. The van der Waals surface area contributed by atoms with Crippen molar-refractivity contribution in [1.29, 1.82) is 0 Å².